The van der Waals surface area contributed by atoms with E-state index in [9.17, 15) is 19.2 Å². The van der Waals surface area contributed by atoms with E-state index < -0.39 is 24.3 Å². The van der Waals surface area contributed by atoms with Crippen molar-refractivity contribution in [2.45, 2.75) is 108 Å². The summed E-state index contributed by atoms with van der Waals surface area (Å²) in [4.78, 5) is 74.1. The van der Waals surface area contributed by atoms with Crippen LogP contribution in [0.4, 0.5) is 9.59 Å². The molecule has 6 atom stereocenters. The number of fused-ring (bicyclic) bond motifs is 3. The maximum Gasteiger partial charge on any atom is 0.407 e. The van der Waals surface area contributed by atoms with Crippen molar-refractivity contribution in [3.8, 4) is 33.6 Å². The Morgan fingerprint density at radius 1 is 0.710 bits per heavy atom. The molecule has 6 aromatic rings. The molecule has 3 saturated carbocycles. The number of piperidine rings is 1. The fourth-order valence-corrected chi connectivity index (χ4v) is 11.6. The van der Waals surface area contributed by atoms with Crippen LogP contribution in [0, 0.1) is 17.3 Å². The van der Waals surface area contributed by atoms with Gasteiger partial charge in [0.1, 0.15) is 23.7 Å². The van der Waals surface area contributed by atoms with Gasteiger partial charge in [0.15, 0.2) is 0 Å². The standard InChI is InChI=1S/C55H60N8O6/c1-31(2)46(60-53(66)68-3)51(64)62-30-55(22-23-55)27-45(62)49-56-29-44(58-49)40-19-18-38-24-37(16-17-39(38)25-40)34-8-12-35(13-9-34)43-28-57-50(59-43)48-41-20-21-42(26-41)63(48)52(65)47(61-54(67)69-4)36-14-10-33(11-15-36)32-6-5-7-32/h8-19,24-25,28-29,31-32,41-42,45-48H,5-7,20-23,26-27,30H2,1-4H3,(H,56,58)(H,57,59)(H,60,66)(H,61,67)/t41-,42+,45-,46-,47-,48-/m0/s1. The van der Waals surface area contributed by atoms with Crippen LogP contribution in [0.15, 0.2) is 97.3 Å². The fraction of sp³-hybridized carbons (Fsp3) is 0.418. The minimum Gasteiger partial charge on any atom is -0.453 e. The highest BCUT2D eigenvalue weighted by Gasteiger charge is 2.55. The number of nitrogens with zero attached hydrogens (tertiary/aromatic N) is 4. The predicted molar refractivity (Wildman–Crippen MR) is 261 cm³/mol. The van der Waals surface area contributed by atoms with Crippen molar-refractivity contribution >= 4 is 34.8 Å². The maximum atomic E-state index is 14.6. The van der Waals surface area contributed by atoms with E-state index in [1.54, 1.807) is 0 Å². The molecule has 0 radical (unpaired) electrons. The molecule has 4 N–H and O–H groups in total. The summed E-state index contributed by atoms with van der Waals surface area (Å²) < 4.78 is 9.83. The smallest absolute Gasteiger partial charge is 0.407 e. The number of carbonyl (C=O) groups is 4. The largest absolute Gasteiger partial charge is 0.453 e. The lowest BCUT2D eigenvalue weighted by atomic mass is 9.80. The molecule has 356 valence electrons. The van der Waals surface area contributed by atoms with E-state index >= 15 is 0 Å². The van der Waals surface area contributed by atoms with Gasteiger partial charge in [0.05, 0.1) is 50.1 Å². The number of nitrogens with one attached hydrogen (secondary N) is 4. The highest BCUT2D eigenvalue weighted by molar-refractivity contribution is 5.91. The van der Waals surface area contributed by atoms with E-state index in [4.69, 9.17) is 19.4 Å². The Morgan fingerprint density at radius 2 is 1.33 bits per heavy atom. The summed E-state index contributed by atoms with van der Waals surface area (Å²) in [6, 6.07) is 27.6. The maximum absolute atomic E-state index is 14.6. The summed E-state index contributed by atoms with van der Waals surface area (Å²) in [5.41, 5.74) is 8.09. The summed E-state index contributed by atoms with van der Waals surface area (Å²) in [5, 5.41) is 7.82. The van der Waals surface area contributed by atoms with E-state index in [-0.39, 0.29) is 47.2 Å². The number of methoxy groups -OCH3 is 2. The van der Waals surface area contributed by atoms with E-state index in [0.29, 0.717) is 12.5 Å². The Bertz CT molecular complexity index is 2920. The van der Waals surface area contributed by atoms with Crippen LogP contribution in [0.2, 0.25) is 0 Å². The van der Waals surface area contributed by atoms with E-state index in [0.717, 1.165) is 100 Å². The Hall–Kier alpha value is -6.96. The lowest BCUT2D eigenvalue weighted by Gasteiger charge is -2.36. The third kappa shape index (κ3) is 8.41. The fourth-order valence-electron chi connectivity index (χ4n) is 11.6. The van der Waals surface area contributed by atoms with Crippen LogP contribution in [0.5, 0.6) is 0 Å². The number of aromatic amines is 2. The summed E-state index contributed by atoms with van der Waals surface area (Å²) in [7, 11) is 2.63. The summed E-state index contributed by atoms with van der Waals surface area (Å²) in [6.07, 6.45) is 12.0. The number of benzene rings is 4. The second-order valence-electron chi connectivity index (χ2n) is 20.5. The van der Waals surface area contributed by atoms with Crippen LogP contribution in [0.3, 0.4) is 0 Å². The first-order chi connectivity index (χ1) is 33.5. The lowest BCUT2D eigenvalue weighted by molar-refractivity contribution is -0.138. The molecular formula is C55H60N8O6. The van der Waals surface area contributed by atoms with Gasteiger partial charge >= 0.3 is 12.2 Å². The van der Waals surface area contributed by atoms with Gasteiger partial charge in [-0.05, 0) is 125 Å². The molecule has 11 rings (SSSR count). The van der Waals surface area contributed by atoms with Crippen LogP contribution < -0.4 is 10.6 Å². The Balaban J connectivity index is 0.782. The minimum absolute atomic E-state index is 0.0766. The van der Waals surface area contributed by atoms with Gasteiger partial charge < -0.3 is 39.9 Å². The molecule has 5 aliphatic rings. The molecular weight excluding hydrogens is 869 g/mol. The lowest BCUT2D eigenvalue weighted by Crippen LogP contribution is -2.51. The van der Waals surface area contributed by atoms with Crippen LogP contribution in [0.25, 0.3) is 44.4 Å². The molecule has 69 heavy (non-hydrogen) atoms. The second-order valence-corrected chi connectivity index (χ2v) is 20.5. The first kappa shape index (κ1) is 44.5. The van der Waals surface area contributed by atoms with E-state index in [1.807, 2.05) is 48.2 Å². The quantitative estimate of drug-likeness (QED) is 0.0938. The third-order valence-electron chi connectivity index (χ3n) is 16.0. The number of ether oxygens (including phenoxy) is 2. The molecule has 14 heteroatoms. The van der Waals surface area contributed by atoms with Gasteiger partial charge in [0, 0.05) is 18.2 Å². The van der Waals surface area contributed by atoms with Gasteiger partial charge in [-0.2, -0.15) is 0 Å². The SMILES string of the molecule is COC(=O)N[C@H](C(=O)N1[C@@H]2CC[C@@H](C2)[C@H]1c1ncc(-c2ccc(-c3ccc4cc(-c5cnc([C@@H]6CC7(CC7)CN6C(=O)[C@@H](NC(=O)OC)C(C)C)[nH]5)ccc4c3)cc2)[nH]1)c1ccc(C2CCC2)cc1. The molecule has 2 aliphatic heterocycles. The van der Waals surface area contributed by atoms with Crippen molar-refractivity contribution in [1.29, 1.82) is 0 Å². The number of aromatic nitrogens is 4. The zero-order valence-electron chi connectivity index (χ0n) is 39.7. The van der Waals surface area contributed by atoms with Gasteiger partial charge in [-0.1, -0.05) is 93.1 Å². The van der Waals surface area contributed by atoms with Gasteiger partial charge in [0.2, 0.25) is 5.91 Å². The number of rotatable bonds is 12. The molecule has 2 aromatic heterocycles. The van der Waals surface area contributed by atoms with Crippen molar-refractivity contribution in [3.63, 3.8) is 0 Å². The molecule has 2 saturated heterocycles. The van der Waals surface area contributed by atoms with Gasteiger partial charge in [0.25, 0.3) is 5.91 Å². The normalized spacial score (nSPS) is 22.2. The van der Waals surface area contributed by atoms with Crippen LogP contribution in [-0.4, -0.2) is 86.6 Å². The average Bonchev–Trinajstić information content (AvgIpc) is 3.99. The molecule has 4 aromatic carbocycles. The number of amides is 4. The number of alkyl carbamates (subject to hydrolysis) is 2. The molecule has 4 heterocycles. The van der Waals surface area contributed by atoms with Crippen molar-refractivity contribution in [2.75, 3.05) is 20.8 Å². The first-order valence-electron chi connectivity index (χ1n) is 24.6. The predicted octanol–water partition coefficient (Wildman–Crippen LogP) is 10.1. The van der Waals surface area contributed by atoms with Crippen molar-refractivity contribution < 1.29 is 28.7 Å². The van der Waals surface area contributed by atoms with Crippen LogP contribution >= 0.6 is 0 Å². The number of carbonyl (C=O) groups excluding carboxylic acids is 4. The van der Waals surface area contributed by atoms with Gasteiger partial charge in [-0.25, -0.2) is 19.6 Å². The molecule has 2 bridgehead atoms. The Labute approximate surface area is 402 Å². The van der Waals surface area contributed by atoms with Crippen LogP contribution in [-0.2, 0) is 19.1 Å². The van der Waals surface area contributed by atoms with Crippen molar-refractivity contribution in [2.24, 2.45) is 17.3 Å². The van der Waals surface area contributed by atoms with E-state index in [1.165, 1.54) is 39.0 Å². The molecule has 5 fully saturated rings. The molecule has 0 unspecified atom stereocenters. The molecule has 4 amide bonds. The highest BCUT2D eigenvalue weighted by atomic mass is 16.5. The zero-order valence-corrected chi connectivity index (χ0v) is 39.7. The van der Waals surface area contributed by atoms with Crippen molar-refractivity contribution in [1.82, 2.24) is 40.4 Å². The molecule has 14 nitrogen and oxygen atoms in total. The Morgan fingerprint density at radius 3 is 2.00 bits per heavy atom. The summed E-state index contributed by atoms with van der Waals surface area (Å²) in [5.74, 6) is 2.01. The topological polar surface area (TPSA) is 175 Å². The Kier molecular flexibility index (Phi) is 11.5. The van der Waals surface area contributed by atoms with E-state index in [2.05, 4.69) is 93.4 Å². The third-order valence-corrected chi connectivity index (χ3v) is 16.0. The van der Waals surface area contributed by atoms with Gasteiger partial charge in [-0.3, -0.25) is 9.59 Å². The molecule has 3 aliphatic carbocycles. The first-order valence-corrected chi connectivity index (χ1v) is 24.6. The number of hydrogen-bond donors (Lipinski definition) is 4. The highest BCUT2D eigenvalue weighted by Crippen LogP contribution is 2.58. The summed E-state index contributed by atoms with van der Waals surface area (Å²) in [6.45, 7) is 4.51. The second kappa shape index (κ2) is 17.8. The monoisotopic (exact) mass is 928 g/mol. The van der Waals surface area contributed by atoms with Crippen molar-refractivity contribution in [3.05, 3.63) is 120 Å². The summed E-state index contributed by atoms with van der Waals surface area (Å²) >= 11 is 0. The average molecular weight is 929 g/mol. The molecule has 1 spiro atoms. The zero-order chi connectivity index (χ0) is 47.6. The number of H-pyrrole nitrogens is 2. The van der Waals surface area contributed by atoms with Gasteiger partial charge in [-0.15, -0.1) is 0 Å². The number of likely N-dealkylation sites (tertiary alicyclic amines) is 2. The number of hydrogen-bond acceptors (Lipinski definition) is 8. The number of imidazole rings is 2. The minimum atomic E-state index is -0.870. The van der Waals surface area contributed by atoms with Crippen LogP contribution in [0.1, 0.15) is 118 Å².